The molecule has 0 aliphatic rings. The minimum absolute atomic E-state index is 0.313. The third-order valence-corrected chi connectivity index (χ3v) is 2.57. The van der Waals surface area contributed by atoms with Crippen molar-refractivity contribution in [2.45, 2.75) is 58.2 Å². The zero-order chi connectivity index (χ0) is 10.2. The van der Waals surface area contributed by atoms with Gasteiger partial charge in [0, 0.05) is 27.1 Å². The van der Waals surface area contributed by atoms with Crippen LogP contribution >= 0.6 is 0 Å². The topological polar surface area (TPSA) is 18.5 Å². The molecule has 0 aliphatic heterocycles. The Morgan fingerprint density at radius 3 is 1.46 bits per heavy atom. The summed E-state index contributed by atoms with van der Waals surface area (Å²) in [5.74, 6) is -0.313. The van der Waals surface area contributed by atoms with Crippen LogP contribution < -0.4 is 0 Å². The van der Waals surface area contributed by atoms with E-state index in [4.69, 9.17) is 9.47 Å². The number of hydrogen-bond acceptors (Lipinski definition) is 2. The minimum atomic E-state index is -0.313. The van der Waals surface area contributed by atoms with Crippen LogP contribution in [0.3, 0.4) is 0 Å². The van der Waals surface area contributed by atoms with E-state index in [9.17, 15) is 0 Å². The third kappa shape index (κ3) is 4.63. The maximum Gasteiger partial charge on any atom is 0.167 e. The molecule has 0 heterocycles. The zero-order valence-electron chi connectivity index (χ0n) is 9.56. The highest BCUT2D eigenvalue weighted by Gasteiger charge is 2.27. The number of methoxy groups -OCH3 is 2. The third-order valence-electron chi connectivity index (χ3n) is 2.57. The Bertz CT molecular complexity index is 98.7. The van der Waals surface area contributed by atoms with E-state index in [-0.39, 0.29) is 5.79 Å². The van der Waals surface area contributed by atoms with Gasteiger partial charge in [-0.3, -0.25) is 0 Å². The van der Waals surface area contributed by atoms with Crippen LogP contribution in [0.25, 0.3) is 0 Å². The van der Waals surface area contributed by atoms with Gasteiger partial charge in [0.1, 0.15) is 0 Å². The summed E-state index contributed by atoms with van der Waals surface area (Å²) in [6, 6.07) is 0. The second-order valence-corrected chi connectivity index (χ2v) is 3.53. The molecule has 0 spiro atoms. The molecule has 0 saturated carbocycles. The van der Waals surface area contributed by atoms with E-state index in [0.29, 0.717) is 0 Å². The van der Waals surface area contributed by atoms with Crippen LogP contribution in [-0.2, 0) is 9.47 Å². The van der Waals surface area contributed by atoms with E-state index in [1.165, 1.54) is 25.7 Å². The molecule has 2 heteroatoms. The fraction of sp³-hybridized carbons (Fsp3) is 1.00. The molecule has 0 N–H and O–H groups in total. The van der Waals surface area contributed by atoms with Crippen LogP contribution in [0.4, 0.5) is 0 Å². The molecule has 0 saturated heterocycles. The van der Waals surface area contributed by atoms with Gasteiger partial charge in [-0.15, -0.1) is 0 Å². The van der Waals surface area contributed by atoms with Crippen molar-refractivity contribution in [3.8, 4) is 0 Å². The smallest absolute Gasteiger partial charge is 0.167 e. The van der Waals surface area contributed by atoms with Gasteiger partial charge in [0.2, 0.25) is 0 Å². The Kier molecular flexibility index (Phi) is 7.29. The first kappa shape index (κ1) is 12.9. The first-order chi connectivity index (χ1) is 6.24. The lowest BCUT2D eigenvalue weighted by atomic mass is 10.0. The Morgan fingerprint density at radius 2 is 1.23 bits per heavy atom. The quantitative estimate of drug-likeness (QED) is 0.544. The maximum absolute atomic E-state index is 5.47. The summed E-state index contributed by atoms with van der Waals surface area (Å²) in [6.07, 6.45) is 6.75. The number of hydrogen-bond donors (Lipinski definition) is 0. The highest BCUT2D eigenvalue weighted by Crippen LogP contribution is 2.25. The molecule has 0 aliphatic carbocycles. The van der Waals surface area contributed by atoms with Gasteiger partial charge in [0.05, 0.1) is 0 Å². The van der Waals surface area contributed by atoms with Crippen molar-refractivity contribution in [2.24, 2.45) is 0 Å². The first-order valence-electron chi connectivity index (χ1n) is 5.35. The summed E-state index contributed by atoms with van der Waals surface area (Å²) < 4.78 is 10.9. The van der Waals surface area contributed by atoms with Gasteiger partial charge < -0.3 is 9.47 Å². The Balaban J connectivity index is 3.97. The molecule has 2 nitrogen and oxygen atoms in total. The van der Waals surface area contributed by atoms with Crippen LogP contribution in [0.2, 0.25) is 0 Å². The van der Waals surface area contributed by atoms with E-state index in [2.05, 4.69) is 13.8 Å². The normalized spacial score (nSPS) is 12.0. The lowest BCUT2D eigenvalue weighted by Crippen LogP contribution is -2.33. The van der Waals surface area contributed by atoms with Crippen molar-refractivity contribution in [1.29, 1.82) is 0 Å². The monoisotopic (exact) mass is 188 g/mol. The lowest BCUT2D eigenvalue weighted by Gasteiger charge is -2.30. The fourth-order valence-corrected chi connectivity index (χ4v) is 1.51. The van der Waals surface area contributed by atoms with E-state index in [0.717, 1.165) is 12.8 Å². The number of unbranched alkanes of at least 4 members (excludes halogenated alkanes) is 2. The molecule has 0 aromatic carbocycles. The minimum Gasteiger partial charge on any atom is -0.353 e. The second-order valence-electron chi connectivity index (χ2n) is 3.53. The van der Waals surface area contributed by atoms with E-state index >= 15 is 0 Å². The molecule has 0 unspecified atom stereocenters. The predicted molar refractivity (Wildman–Crippen MR) is 55.8 cm³/mol. The van der Waals surface area contributed by atoms with Gasteiger partial charge in [-0.2, -0.15) is 0 Å². The van der Waals surface area contributed by atoms with Crippen molar-refractivity contribution in [3.05, 3.63) is 0 Å². The Morgan fingerprint density at radius 1 is 0.846 bits per heavy atom. The Labute approximate surface area is 82.6 Å². The van der Waals surface area contributed by atoms with E-state index in [1.807, 2.05) is 0 Å². The van der Waals surface area contributed by atoms with Crippen molar-refractivity contribution in [2.75, 3.05) is 14.2 Å². The Hall–Kier alpha value is -0.0800. The van der Waals surface area contributed by atoms with Crippen molar-refractivity contribution < 1.29 is 9.47 Å². The highest BCUT2D eigenvalue weighted by molar-refractivity contribution is 4.68. The summed E-state index contributed by atoms with van der Waals surface area (Å²) in [5, 5.41) is 0. The van der Waals surface area contributed by atoms with Gasteiger partial charge in [0.15, 0.2) is 5.79 Å². The van der Waals surface area contributed by atoms with Crippen LogP contribution in [-0.4, -0.2) is 20.0 Å². The van der Waals surface area contributed by atoms with Gasteiger partial charge in [-0.1, -0.05) is 26.7 Å². The molecule has 80 valence electrons. The molecule has 0 rings (SSSR count). The summed E-state index contributed by atoms with van der Waals surface area (Å²) in [6.45, 7) is 4.38. The molecule has 0 aromatic rings. The SMILES string of the molecule is CCCCC(CCCC)(OC)OC. The molecule has 0 amide bonds. The summed E-state index contributed by atoms with van der Waals surface area (Å²) in [5.41, 5.74) is 0. The lowest BCUT2D eigenvalue weighted by molar-refractivity contribution is -0.216. The second kappa shape index (κ2) is 7.34. The maximum atomic E-state index is 5.47. The summed E-state index contributed by atoms with van der Waals surface area (Å²) >= 11 is 0. The zero-order valence-corrected chi connectivity index (χ0v) is 9.56. The van der Waals surface area contributed by atoms with Gasteiger partial charge in [-0.05, 0) is 12.8 Å². The molecule has 0 aromatic heterocycles. The molecule has 0 radical (unpaired) electrons. The van der Waals surface area contributed by atoms with Gasteiger partial charge in [0.25, 0.3) is 0 Å². The standard InChI is InChI=1S/C11H24O2/c1-5-7-9-11(12-3,13-4)10-8-6-2/h5-10H2,1-4H3. The summed E-state index contributed by atoms with van der Waals surface area (Å²) in [4.78, 5) is 0. The van der Waals surface area contributed by atoms with Crippen LogP contribution in [0.5, 0.6) is 0 Å². The van der Waals surface area contributed by atoms with Crippen LogP contribution in [0, 0.1) is 0 Å². The van der Waals surface area contributed by atoms with Crippen molar-refractivity contribution >= 4 is 0 Å². The fourth-order valence-electron chi connectivity index (χ4n) is 1.51. The van der Waals surface area contributed by atoms with E-state index < -0.39 is 0 Å². The molecule has 13 heavy (non-hydrogen) atoms. The molecular weight excluding hydrogens is 164 g/mol. The van der Waals surface area contributed by atoms with Crippen molar-refractivity contribution in [3.63, 3.8) is 0 Å². The molecule has 0 atom stereocenters. The van der Waals surface area contributed by atoms with Crippen molar-refractivity contribution in [1.82, 2.24) is 0 Å². The van der Waals surface area contributed by atoms with Crippen LogP contribution in [0.15, 0.2) is 0 Å². The molecule has 0 bridgehead atoms. The highest BCUT2D eigenvalue weighted by atomic mass is 16.7. The summed E-state index contributed by atoms with van der Waals surface area (Å²) in [7, 11) is 3.49. The molecule has 0 fully saturated rings. The van der Waals surface area contributed by atoms with Gasteiger partial charge in [-0.25, -0.2) is 0 Å². The number of ether oxygens (including phenoxy) is 2. The molecular formula is C11H24O2. The van der Waals surface area contributed by atoms with Crippen LogP contribution in [0.1, 0.15) is 52.4 Å². The average Bonchev–Trinajstić information content (AvgIpc) is 2.20. The largest absolute Gasteiger partial charge is 0.353 e. The predicted octanol–water partition coefficient (Wildman–Crippen LogP) is 3.36. The number of rotatable bonds is 8. The first-order valence-corrected chi connectivity index (χ1v) is 5.35. The van der Waals surface area contributed by atoms with E-state index in [1.54, 1.807) is 14.2 Å². The van der Waals surface area contributed by atoms with Gasteiger partial charge >= 0.3 is 0 Å². The average molecular weight is 188 g/mol.